The molecule has 1 heterocycles. The predicted molar refractivity (Wildman–Crippen MR) is 100 cm³/mol. The summed E-state index contributed by atoms with van der Waals surface area (Å²) in [4.78, 5) is 31.9. The van der Waals surface area contributed by atoms with Crippen LogP contribution in [0.4, 0.5) is 10.5 Å². The third kappa shape index (κ3) is 4.64. The third-order valence-corrected chi connectivity index (χ3v) is 4.76. The van der Waals surface area contributed by atoms with Gasteiger partial charge in [-0.05, 0) is 24.5 Å². The Morgan fingerprint density at radius 2 is 1.96 bits per heavy atom. The number of urea groups is 1. The van der Waals surface area contributed by atoms with Gasteiger partial charge < -0.3 is 19.6 Å². The molecule has 3 rings (SSSR count). The molecule has 1 aromatic carbocycles. The van der Waals surface area contributed by atoms with Crippen molar-refractivity contribution < 1.29 is 14.1 Å². The normalized spacial score (nSPS) is 13.7. The number of benzene rings is 1. The highest BCUT2D eigenvalue weighted by atomic mass is 16.5. The quantitative estimate of drug-likeness (QED) is 0.843. The number of aromatic nitrogens is 2. The predicted octanol–water partition coefficient (Wildman–Crippen LogP) is 2.63. The maximum atomic E-state index is 12.5. The second kappa shape index (κ2) is 8.20. The highest BCUT2D eigenvalue weighted by molar-refractivity contribution is 5.91. The summed E-state index contributed by atoms with van der Waals surface area (Å²) < 4.78 is 5.29. The number of nitrogens with one attached hydrogen (secondary N) is 1. The highest BCUT2D eigenvalue weighted by Crippen LogP contribution is 2.35. The summed E-state index contributed by atoms with van der Waals surface area (Å²) in [5.41, 5.74) is 1.39. The topological polar surface area (TPSA) is 91.6 Å². The molecule has 1 saturated carbocycles. The van der Waals surface area contributed by atoms with E-state index in [0.29, 0.717) is 23.3 Å². The minimum atomic E-state index is -0.297. The van der Waals surface area contributed by atoms with Crippen molar-refractivity contribution in [1.82, 2.24) is 19.9 Å². The Bertz CT molecular complexity index is 813. The zero-order valence-corrected chi connectivity index (χ0v) is 15.9. The first-order valence-electron chi connectivity index (χ1n) is 9.06. The van der Waals surface area contributed by atoms with Gasteiger partial charge in [0.25, 0.3) is 0 Å². The molecule has 1 aliphatic carbocycles. The first kappa shape index (κ1) is 18.9. The van der Waals surface area contributed by atoms with Crippen LogP contribution in [0.2, 0.25) is 0 Å². The minimum Gasteiger partial charge on any atom is -0.349 e. The number of carbonyl (C=O) groups is 2. The molecule has 0 radical (unpaired) electrons. The van der Waals surface area contributed by atoms with Crippen molar-refractivity contribution in [2.75, 3.05) is 26.5 Å². The Hall–Kier alpha value is -2.90. The van der Waals surface area contributed by atoms with Crippen LogP contribution in [0.15, 0.2) is 28.8 Å². The Morgan fingerprint density at radius 3 is 2.63 bits per heavy atom. The zero-order valence-electron chi connectivity index (χ0n) is 15.9. The van der Waals surface area contributed by atoms with Gasteiger partial charge in [-0.1, -0.05) is 29.8 Å². The molecule has 0 spiro atoms. The van der Waals surface area contributed by atoms with Crippen LogP contribution >= 0.6 is 0 Å². The number of likely N-dealkylation sites (N-methyl/N-ethyl adjacent to an activating group) is 1. The van der Waals surface area contributed by atoms with E-state index in [9.17, 15) is 9.59 Å². The molecule has 144 valence electrons. The standard InChI is InChI=1S/C19H25N5O3/c1-23(2)17(25)11-14-7-4-5-10-15(14)20-19(26)24(3)12-16-21-18(27-22-16)13-8-6-9-13/h4-5,7,10,13H,6,8-9,11-12H2,1-3H3,(H,20,26). The van der Waals surface area contributed by atoms with Crippen molar-refractivity contribution in [1.29, 1.82) is 0 Å². The molecule has 3 amide bonds. The second-order valence-electron chi connectivity index (χ2n) is 7.08. The molecule has 1 aliphatic rings. The summed E-state index contributed by atoms with van der Waals surface area (Å²) >= 11 is 0. The van der Waals surface area contributed by atoms with Gasteiger partial charge in [0, 0.05) is 32.7 Å². The summed E-state index contributed by atoms with van der Waals surface area (Å²) in [5.74, 6) is 1.50. The molecule has 8 heteroatoms. The van der Waals surface area contributed by atoms with E-state index in [0.717, 1.165) is 18.4 Å². The fraction of sp³-hybridized carbons (Fsp3) is 0.474. The molecule has 1 N–H and O–H groups in total. The van der Waals surface area contributed by atoms with Crippen LogP contribution in [0, 0.1) is 0 Å². The van der Waals surface area contributed by atoms with Gasteiger partial charge in [-0.2, -0.15) is 4.98 Å². The first-order chi connectivity index (χ1) is 12.9. The van der Waals surface area contributed by atoms with Crippen LogP contribution in [0.25, 0.3) is 0 Å². The number of para-hydroxylation sites is 1. The lowest BCUT2D eigenvalue weighted by Crippen LogP contribution is -2.32. The average Bonchev–Trinajstić information content (AvgIpc) is 3.02. The SMILES string of the molecule is CN(C)C(=O)Cc1ccccc1NC(=O)N(C)Cc1noc(C2CCC2)n1. The zero-order chi connectivity index (χ0) is 19.4. The summed E-state index contributed by atoms with van der Waals surface area (Å²) in [7, 11) is 5.09. The van der Waals surface area contributed by atoms with Crippen molar-refractivity contribution in [2.24, 2.45) is 0 Å². The summed E-state index contributed by atoms with van der Waals surface area (Å²) in [6.45, 7) is 0.251. The van der Waals surface area contributed by atoms with Gasteiger partial charge in [0.2, 0.25) is 11.8 Å². The van der Waals surface area contributed by atoms with Gasteiger partial charge in [-0.25, -0.2) is 4.79 Å². The van der Waals surface area contributed by atoms with Crippen molar-refractivity contribution >= 4 is 17.6 Å². The van der Waals surface area contributed by atoms with Crippen molar-refractivity contribution in [3.05, 3.63) is 41.5 Å². The molecule has 0 atom stereocenters. The molecule has 0 bridgehead atoms. The van der Waals surface area contributed by atoms with E-state index in [1.165, 1.54) is 16.2 Å². The van der Waals surface area contributed by atoms with Crippen LogP contribution < -0.4 is 5.32 Å². The molecule has 0 aliphatic heterocycles. The van der Waals surface area contributed by atoms with Gasteiger partial charge in [0.1, 0.15) is 0 Å². The van der Waals surface area contributed by atoms with E-state index in [4.69, 9.17) is 4.52 Å². The summed E-state index contributed by atoms with van der Waals surface area (Å²) in [5, 5.41) is 6.82. The van der Waals surface area contributed by atoms with E-state index in [1.54, 1.807) is 27.2 Å². The fourth-order valence-corrected chi connectivity index (χ4v) is 2.76. The molecule has 1 fully saturated rings. The number of rotatable bonds is 6. The van der Waals surface area contributed by atoms with Crippen LogP contribution in [0.5, 0.6) is 0 Å². The molecule has 8 nitrogen and oxygen atoms in total. The van der Waals surface area contributed by atoms with Gasteiger partial charge in [-0.3, -0.25) is 4.79 Å². The Balaban J connectivity index is 1.61. The van der Waals surface area contributed by atoms with Gasteiger partial charge in [0.15, 0.2) is 5.82 Å². The smallest absolute Gasteiger partial charge is 0.322 e. The van der Waals surface area contributed by atoms with Crippen LogP contribution in [-0.4, -0.2) is 53.0 Å². The molecule has 0 saturated heterocycles. The van der Waals surface area contributed by atoms with Crippen molar-refractivity contribution in [3.8, 4) is 0 Å². The Kier molecular flexibility index (Phi) is 5.73. The molecular formula is C19H25N5O3. The summed E-state index contributed by atoms with van der Waals surface area (Å²) in [6, 6.07) is 6.99. The maximum absolute atomic E-state index is 12.5. The Morgan fingerprint density at radius 1 is 1.22 bits per heavy atom. The van der Waals surface area contributed by atoms with E-state index in [-0.39, 0.29) is 24.9 Å². The van der Waals surface area contributed by atoms with E-state index >= 15 is 0 Å². The van der Waals surface area contributed by atoms with Gasteiger partial charge in [0.05, 0.1) is 13.0 Å². The molecule has 1 aromatic heterocycles. The maximum Gasteiger partial charge on any atom is 0.322 e. The van der Waals surface area contributed by atoms with E-state index in [2.05, 4.69) is 15.5 Å². The molecule has 27 heavy (non-hydrogen) atoms. The van der Waals surface area contributed by atoms with Crippen molar-refractivity contribution in [2.45, 2.75) is 38.1 Å². The van der Waals surface area contributed by atoms with Gasteiger partial charge in [-0.15, -0.1) is 0 Å². The Labute approximate surface area is 158 Å². The van der Waals surface area contributed by atoms with Crippen LogP contribution in [0.1, 0.15) is 42.5 Å². The lowest BCUT2D eigenvalue weighted by atomic mass is 9.85. The number of hydrogen-bond donors (Lipinski definition) is 1. The first-order valence-corrected chi connectivity index (χ1v) is 9.06. The number of hydrogen-bond acceptors (Lipinski definition) is 5. The lowest BCUT2D eigenvalue weighted by Gasteiger charge is -2.20. The molecule has 2 aromatic rings. The number of anilines is 1. The fourth-order valence-electron chi connectivity index (χ4n) is 2.76. The monoisotopic (exact) mass is 371 g/mol. The van der Waals surface area contributed by atoms with E-state index < -0.39 is 0 Å². The lowest BCUT2D eigenvalue weighted by molar-refractivity contribution is -0.127. The largest absolute Gasteiger partial charge is 0.349 e. The summed E-state index contributed by atoms with van der Waals surface area (Å²) in [6.07, 6.45) is 3.59. The molecular weight excluding hydrogens is 346 g/mol. The van der Waals surface area contributed by atoms with Crippen LogP contribution in [0.3, 0.4) is 0 Å². The third-order valence-electron chi connectivity index (χ3n) is 4.76. The number of nitrogens with zero attached hydrogens (tertiary/aromatic N) is 4. The second-order valence-corrected chi connectivity index (χ2v) is 7.08. The van der Waals surface area contributed by atoms with Crippen LogP contribution in [-0.2, 0) is 17.8 Å². The minimum absolute atomic E-state index is 0.0274. The average molecular weight is 371 g/mol. The molecule has 0 unspecified atom stereocenters. The van der Waals surface area contributed by atoms with Gasteiger partial charge >= 0.3 is 6.03 Å². The number of amides is 3. The highest BCUT2D eigenvalue weighted by Gasteiger charge is 2.26. The van der Waals surface area contributed by atoms with Crippen molar-refractivity contribution in [3.63, 3.8) is 0 Å². The number of carbonyl (C=O) groups excluding carboxylic acids is 2. The van der Waals surface area contributed by atoms with E-state index in [1.807, 2.05) is 18.2 Å².